The van der Waals surface area contributed by atoms with Crippen molar-refractivity contribution in [1.82, 2.24) is 10.3 Å². The van der Waals surface area contributed by atoms with Crippen molar-refractivity contribution in [2.45, 2.75) is 13.5 Å². The molecule has 0 unspecified atom stereocenters. The summed E-state index contributed by atoms with van der Waals surface area (Å²) in [4.78, 5) is 16.2. The van der Waals surface area contributed by atoms with Gasteiger partial charge in [0, 0.05) is 24.5 Å². The third-order valence-electron chi connectivity index (χ3n) is 2.91. The number of nitrogen functional groups attached to an aromatic ring is 1. The molecule has 0 aliphatic carbocycles. The lowest BCUT2D eigenvalue weighted by molar-refractivity contribution is 0.0951. The van der Waals surface area contributed by atoms with Gasteiger partial charge in [-0.05, 0) is 24.6 Å². The first kappa shape index (κ1) is 13.9. The summed E-state index contributed by atoms with van der Waals surface area (Å²) in [6.07, 6.45) is 1.67. The number of aromatic nitrogens is 1. The molecule has 1 heterocycles. The average Bonchev–Trinajstić information content (AvgIpc) is 2.47. The molecule has 1 amide bonds. The lowest BCUT2D eigenvalue weighted by Gasteiger charge is -2.08. The number of amides is 1. The van der Waals surface area contributed by atoms with Gasteiger partial charge in [0.05, 0.1) is 12.7 Å². The molecule has 0 saturated heterocycles. The number of methoxy groups -OCH3 is 1. The predicted octanol–water partition coefficient (Wildman–Crippen LogP) is 1.91. The number of nitrogens with one attached hydrogen (secondary N) is 1. The second kappa shape index (κ2) is 6.06. The van der Waals surface area contributed by atoms with Gasteiger partial charge in [-0.1, -0.05) is 17.7 Å². The van der Waals surface area contributed by atoms with E-state index in [1.807, 2.05) is 19.1 Å². The molecule has 0 fully saturated rings. The summed E-state index contributed by atoms with van der Waals surface area (Å²) in [5, 5.41) is 2.82. The Labute approximate surface area is 117 Å². The molecule has 1 aromatic carbocycles. The highest BCUT2D eigenvalue weighted by molar-refractivity contribution is 5.99. The highest BCUT2D eigenvalue weighted by Crippen LogP contribution is 2.14. The minimum Gasteiger partial charge on any atom is -0.481 e. The van der Waals surface area contributed by atoms with E-state index < -0.39 is 0 Å². The number of carbonyl (C=O) groups is 1. The smallest absolute Gasteiger partial charge is 0.253 e. The second-order valence-electron chi connectivity index (χ2n) is 4.48. The monoisotopic (exact) mass is 271 g/mol. The Morgan fingerprint density at radius 1 is 1.35 bits per heavy atom. The summed E-state index contributed by atoms with van der Waals surface area (Å²) in [5.74, 6) is 0.352. The summed E-state index contributed by atoms with van der Waals surface area (Å²) < 4.78 is 4.98. The van der Waals surface area contributed by atoms with Crippen LogP contribution in [0.5, 0.6) is 5.88 Å². The Bertz CT molecular complexity index is 609. The Morgan fingerprint density at radius 3 is 2.80 bits per heavy atom. The molecule has 0 aliphatic heterocycles. The molecule has 5 heteroatoms. The van der Waals surface area contributed by atoms with E-state index in [-0.39, 0.29) is 5.91 Å². The molecule has 0 radical (unpaired) electrons. The Morgan fingerprint density at radius 2 is 2.15 bits per heavy atom. The van der Waals surface area contributed by atoms with E-state index in [9.17, 15) is 4.79 Å². The summed E-state index contributed by atoms with van der Waals surface area (Å²) in [6, 6.07) is 8.99. The largest absolute Gasteiger partial charge is 0.481 e. The summed E-state index contributed by atoms with van der Waals surface area (Å²) in [5.41, 5.74) is 8.66. The number of hydrogen-bond acceptors (Lipinski definition) is 4. The Hall–Kier alpha value is -2.56. The number of nitrogens with two attached hydrogens (primary N) is 1. The molecule has 1 aromatic heterocycles. The quantitative estimate of drug-likeness (QED) is 0.833. The van der Waals surface area contributed by atoms with Crippen molar-refractivity contribution >= 4 is 11.6 Å². The van der Waals surface area contributed by atoms with Crippen molar-refractivity contribution < 1.29 is 9.53 Å². The summed E-state index contributed by atoms with van der Waals surface area (Å²) in [6.45, 7) is 2.31. The maximum atomic E-state index is 12.1. The van der Waals surface area contributed by atoms with Crippen molar-refractivity contribution in [1.29, 1.82) is 0 Å². The van der Waals surface area contributed by atoms with Gasteiger partial charge in [0.2, 0.25) is 5.88 Å². The molecule has 2 rings (SSSR count). The third kappa shape index (κ3) is 3.26. The molecule has 5 nitrogen and oxygen atoms in total. The van der Waals surface area contributed by atoms with Crippen molar-refractivity contribution in [2.75, 3.05) is 12.8 Å². The van der Waals surface area contributed by atoms with Gasteiger partial charge in [-0.3, -0.25) is 4.79 Å². The molecule has 0 bridgehead atoms. The van der Waals surface area contributed by atoms with E-state index in [0.717, 1.165) is 11.1 Å². The molecule has 20 heavy (non-hydrogen) atoms. The summed E-state index contributed by atoms with van der Waals surface area (Å²) >= 11 is 0. The Balaban J connectivity index is 2.02. The van der Waals surface area contributed by atoms with E-state index >= 15 is 0 Å². The lowest BCUT2D eigenvalue weighted by atomic mass is 10.1. The van der Waals surface area contributed by atoms with Gasteiger partial charge in [-0.2, -0.15) is 0 Å². The highest BCUT2D eigenvalue weighted by Gasteiger charge is 2.09. The van der Waals surface area contributed by atoms with Crippen LogP contribution in [0.25, 0.3) is 0 Å². The fourth-order valence-electron chi connectivity index (χ4n) is 1.78. The van der Waals surface area contributed by atoms with Crippen LogP contribution in [0.3, 0.4) is 0 Å². The number of aryl methyl sites for hydroxylation is 1. The number of rotatable bonds is 4. The fraction of sp³-hybridized carbons (Fsp3) is 0.200. The summed E-state index contributed by atoms with van der Waals surface area (Å²) in [7, 11) is 1.56. The lowest BCUT2D eigenvalue weighted by Crippen LogP contribution is -2.24. The molecular formula is C15H17N3O2. The first-order chi connectivity index (χ1) is 9.60. The maximum Gasteiger partial charge on any atom is 0.253 e. The van der Waals surface area contributed by atoms with Crippen LogP contribution in [0.15, 0.2) is 36.5 Å². The zero-order valence-electron chi connectivity index (χ0n) is 11.5. The van der Waals surface area contributed by atoms with E-state index in [1.165, 1.54) is 0 Å². The van der Waals surface area contributed by atoms with Crippen LogP contribution in [0, 0.1) is 6.92 Å². The van der Waals surface area contributed by atoms with Gasteiger partial charge in [0.25, 0.3) is 5.91 Å². The third-order valence-corrected chi connectivity index (χ3v) is 2.91. The number of hydrogen-bond donors (Lipinski definition) is 2. The van der Waals surface area contributed by atoms with Crippen LogP contribution in [-0.4, -0.2) is 18.0 Å². The van der Waals surface area contributed by atoms with Gasteiger partial charge in [-0.25, -0.2) is 4.98 Å². The minimum atomic E-state index is -0.193. The maximum absolute atomic E-state index is 12.1. The number of anilines is 1. The molecular weight excluding hydrogens is 254 g/mol. The van der Waals surface area contributed by atoms with Gasteiger partial charge in [0.15, 0.2) is 0 Å². The molecule has 3 N–H and O–H groups in total. The van der Waals surface area contributed by atoms with Crippen LogP contribution in [0.2, 0.25) is 0 Å². The molecule has 0 aliphatic rings. The number of benzene rings is 1. The van der Waals surface area contributed by atoms with Crippen molar-refractivity contribution in [3.8, 4) is 5.88 Å². The Kier molecular flexibility index (Phi) is 4.20. The first-order valence-corrected chi connectivity index (χ1v) is 6.23. The second-order valence-corrected chi connectivity index (χ2v) is 4.48. The van der Waals surface area contributed by atoms with Crippen molar-refractivity contribution in [3.63, 3.8) is 0 Å². The molecule has 0 spiro atoms. The predicted molar refractivity (Wildman–Crippen MR) is 77.6 cm³/mol. The number of pyridine rings is 1. The van der Waals surface area contributed by atoms with Crippen LogP contribution in [0.1, 0.15) is 21.5 Å². The molecule has 104 valence electrons. The van der Waals surface area contributed by atoms with Gasteiger partial charge in [-0.15, -0.1) is 0 Å². The van der Waals surface area contributed by atoms with Crippen molar-refractivity contribution in [3.05, 3.63) is 53.2 Å². The van der Waals surface area contributed by atoms with Crippen LogP contribution in [0.4, 0.5) is 5.69 Å². The van der Waals surface area contributed by atoms with Crippen LogP contribution < -0.4 is 15.8 Å². The standard InChI is InChI=1S/C15H17N3O2/c1-10-3-5-13(16)12(7-10)15(19)18-9-11-4-6-14(20-2)17-8-11/h3-8H,9,16H2,1-2H3,(H,18,19). The minimum absolute atomic E-state index is 0.193. The van der Waals surface area contributed by atoms with Gasteiger partial charge >= 0.3 is 0 Å². The van der Waals surface area contributed by atoms with Crippen LogP contribution in [-0.2, 0) is 6.54 Å². The zero-order chi connectivity index (χ0) is 14.5. The number of nitrogens with zero attached hydrogens (tertiary/aromatic N) is 1. The SMILES string of the molecule is COc1ccc(CNC(=O)c2cc(C)ccc2N)cn1. The zero-order valence-corrected chi connectivity index (χ0v) is 11.5. The van der Waals surface area contributed by atoms with Crippen LogP contribution >= 0.6 is 0 Å². The van der Waals surface area contributed by atoms with Crippen molar-refractivity contribution in [2.24, 2.45) is 0 Å². The fourth-order valence-corrected chi connectivity index (χ4v) is 1.78. The van der Waals surface area contributed by atoms with E-state index in [0.29, 0.717) is 23.7 Å². The van der Waals surface area contributed by atoms with Gasteiger partial charge in [0.1, 0.15) is 0 Å². The number of ether oxygens (including phenoxy) is 1. The van der Waals surface area contributed by atoms with Gasteiger partial charge < -0.3 is 15.8 Å². The van der Waals surface area contributed by atoms with E-state index in [4.69, 9.17) is 10.5 Å². The molecule has 0 atom stereocenters. The topological polar surface area (TPSA) is 77.2 Å². The average molecular weight is 271 g/mol. The normalized spacial score (nSPS) is 10.1. The van der Waals surface area contributed by atoms with E-state index in [2.05, 4.69) is 10.3 Å². The first-order valence-electron chi connectivity index (χ1n) is 6.23. The number of carbonyl (C=O) groups excluding carboxylic acids is 1. The molecule has 2 aromatic rings. The molecule has 0 saturated carbocycles. The van der Waals surface area contributed by atoms with E-state index in [1.54, 1.807) is 31.5 Å². The highest BCUT2D eigenvalue weighted by atomic mass is 16.5.